The van der Waals surface area contributed by atoms with Crippen LogP contribution in [0.3, 0.4) is 0 Å². The van der Waals surface area contributed by atoms with Gasteiger partial charge in [0.15, 0.2) is 23.5 Å². The van der Waals surface area contributed by atoms with Crippen molar-refractivity contribution in [2.75, 3.05) is 5.32 Å². The van der Waals surface area contributed by atoms with Crippen molar-refractivity contribution in [3.8, 4) is 5.75 Å². The largest absolute Gasteiger partial charge is 0.478 e. The highest BCUT2D eigenvalue weighted by Crippen LogP contribution is 2.23. The van der Waals surface area contributed by atoms with Crippen molar-refractivity contribution < 1.29 is 18.4 Å². The first-order chi connectivity index (χ1) is 9.99. The Morgan fingerprint density at radius 1 is 1.52 bits per heavy atom. The number of carbonyl (C=O) groups excluding carboxylic acids is 1. The summed E-state index contributed by atoms with van der Waals surface area (Å²) in [7, 11) is 0. The number of rotatable bonds is 5. The molecule has 1 N–H and O–H groups in total. The van der Waals surface area contributed by atoms with E-state index in [9.17, 15) is 9.18 Å². The van der Waals surface area contributed by atoms with Gasteiger partial charge in [-0.25, -0.2) is 4.39 Å². The molecule has 0 radical (unpaired) electrons. The van der Waals surface area contributed by atoms with Gasteiger partial charge in [-0.05, 0) is 31.5 Å². The van der Waals surface area contributed by atoms with Gasteiger partial charge in [-0.15, -0.1) is 0 Å². The van der Waals surface area contributed by atoms with Crippen LogP contribution in [-0.2, 0) is 4.79 Å². The van der Waals surface area contributed by atoms with Crippen LogP contribution >= 0.6 is 15.9 Å². The van der Waals surface area contributed by atoms with Gasteiger partial charge in [0.1, 0.15) is 5.76 Å². The molecule has 0 aliphatic carbocycles. The summed E-state index contributed by atoms with van der Waals surface area (Å²) >= 11 is 3.16. The van der Waals surface area contributed by atoms with Gasteiger partial charge < -0.3 is 14.6 Å². The van der Waals surface area contributed by atoms with Gasteiger partial charge in [0, 0.05) is 10.5 Å². The minimum atomic E-state index is -0.822. The Kier molecular flexibility index (Phi) is 4.95. The highest BCUT2D eigenvalue weighted by Gasteiger charge is 2.21. The fourth-order valence-corrected chi connectivity index (χ4v) is 2.01. The number of hydrogen-bond donors (Lipinski definition) is 1. The number of nitrogens with zero attached hydrogens (tertiary/aromatic N) is 1. The Hall–Kier alpha value is -1.89. The summed E-state index contributed by atoms with van der Waals surface area (Å²) < 4.78 is 24.6. The molecule has 0 spiro atoms. The van der Waals surface area contributed by atoms with E-state index in [0.29, 0.717) is 22.5 Å². The van der Waals surface area contributed by atoms with E-state index in [-0.39, 0.29) is 5.75 Å². The van der Waals surface area contributed by atoms with Crippen LogP contribution in [-0.4, -0.2) is 17.2 Å². The van der Waals surface area contributed by atoms with Gasteiger partial charge in [0.2, 0.25) is 0 Å². The number of aromatic nitrogens is 1. The second-order valence-corrected chi connectivity index (χ2v) is 5.32. The number of aryl methyl sites for hydroxylation is 1. The number of carbonyl (C=O) groups is 1. The Labute approximate surface area is 129 Å². The number of halogens is 2. The average Bonchev–Trinajstić information content (AvgIpc) is 2.83. The molecular formula is C14H14BrFN2O3. The van der Waals surface area contributed by atoms with Crippen LogP contribution in [0.5, 0.6) is 5.75 Å². The first-order valence-electron chi connectivity index (χ1n) is 6.35. The molecule has 112 valence electrons. The van der Waals surface area contributed by atoms with E-state index in [0.717, 1.165) is 0 Å². The topological polar surface area (TPSA) is 64.4 Å². The molecule has 1 aromatic carbocycles. The molecule has 0 aliphatic rings. The normalized spacial score (nSPS) is 12.0. The molecule has 0 unspecified atom stereocenters. The van der Waals surface area contributed by atoms with Gasteiger partial charge in [-0.2, -0.15) is 0 Å². The van der Waals surface area contributed by atoms with Gasteiger partial charge in [0.25, 0.3) is 5.91 Å². The van der Waals surface area contributed by atoms with Crippen molar-refractivity contribution in [3.63, 3.8) is 0 Å². The van der Waals surface area contributed by atoms with Gasteiger partial charge >= 0.3 is 0 Å². The van der Waals surface area contributed by atoms with Crippen LogP contribution in [0.15, 0.2) is 33.3 Å². The lowest BCUT2D eigenvalue weighted by atomic mass is 10.2. The maximum Gasteiger partial charge on any atom is 0.266 e. The zero-order valence-electron chi connectivity index (χ0n) is 11.5. The van der Waals surface area contributed by atoms with Crippen LogP contribution < -0.4 is 10.1 Å². The summed E-state index contributed by atoms with van der Waals surface area (Å²) in [4.78, 5) is 12.1. The SMILES string of the molecule is CC[C@@H](Oc1ccc(Br)cc1F)C(=O)Nc1cc(C)on1. The fourth-order valence-electron chi connectivity index (χ4n) is 1.68. The fraction of sp³-hybridized carbons (Fsp3) is 0.286. The summed E-state index contributed by atoms with van der Waals surface area (Å²) in [5.41, 5.74) is 0. The average molecular weight is 357 g/mol. The van der Waals surface area contributed by atoms with Crippen molar-refractivity contribution in [1.82, 2.24) is 5.16 Å². The lowest BCUT2D eigenvalue weighted by Gasteiger charge is -2.16. The quantitative estimate of drug-likeness (QED) is 0.887. The van der Waals surface area contributed by atoms with Crippen LogP contribution in [0.2, 0.25) is 0 Å². The van der Waals surface area contributed by atoms with Gasteiger partial charge in [-0.1, -0.05) is 28.0 Å². The summed E-state index contributed by atoms with van der Waals surface area (Å²) in [5.74, 6) is -0.0355. The van der Waals surface area contributed by atoms with Crippen LogP contribution in [0.1, 0.15) is 19.1 Å². The summed E-state index contributed by atoms with van der Waals surface area (Å²) in [6, 6.07) is 5.98. The van der Waals surface area contributed by atoms with Crippen molar-refractivity contribution in [3.05, 3.63) is 40.3 Å². The minimum absolute atomic E-state index is 0.0246. The Morgan fingerprint density at radius 3 is 2.86 bits per heavy atom. The summed E-state index contributed by atoms with van der Waals surface area (Å²) in [6.07, 6.45) is -0.435. The molecule has 1 atom stereocenters. The van der Waals surface area contributed by atoms with Crippen LogP contribution in [0.4, 0.5) is 10.2 Å². The van der Waals surface area contributed by atoms with Crippen molar-refractivity contribution in [2.45, 2.75) is 26.4 Å². The third-order valence-corrected chi connectivity index (χ3v) is 3.20. The van der Waals surface area contributed by atoms with E-state index in [1.807, 2.05) is 0 Å². The van der Waals surface area contributed by atoms with Gasteiger partial charge in [-0.3, -0.25) is 4.79 Å². The molecule has 0 fully saturated rings. The maximum atomic E-state index is 13.7. The number of nitrogens with one attached hydrogen (secondary N) is 1. The molecule has 0 saturated carbocycles. The first kappa shape index (κ1) is 15.5. The van der Waals surface area contributed by atoms with Crippen LogP contribution in [0.25, 0.3) is 0 Å². The predicted molar refractivity (Wildman–Crippen MR) is 78.7 cm³/mol. The molecule has 0 bridgehead atoms. The molecule has 2 rings (SSSR count). The highest BCUT2D eigenvalue weighted by molar-refractivity contribution is 9.10. The molecule has 5 nitrogen and oxygen atoms in total. The number of benzene rings is 1. The van der Waals surface area contributed by atoms with E-state index in [1.165, 1.54) is 12.1 Å². The third-order valence-electron chi connectivity index (χ3n) is 2.71. The lowest BCUT2D eigenvalue weighted by molar-refractivity contribution is -0.122. The Morgan fingerprint density at radius 2 is 2.29 bits per heavy atom. The molecule has 1 heterocycles. The molecule has 7 heteroatoms. The molecule has 2 aromatic rings. The second kappa shape index (κ2) is 6.71. The third kappa shape index (κ3) is 4.04. The highest BCUT2D eigenvalue weighted by atomic mass is 79.9. The second-order valence-electron chi connectivity index (χ2n) is 4.40. The van der Waals surface area contributed by atoms with E-state index in [2.05, 4.69) is 26.4 Å². The lowest BCUT2D eigenvalue weighted by Crippen LogP contribution is -2.32. The molecule has 1 amide bonds. The van der Waals surface area contributed by atoms with E-state index < -0.39 is 17.8 Å². The van der Waals surface area contributed by atoms with E-state index in [4.69, 9.17) is 9.26 Å². The first-order valence-corrected chi connectivity index (χ1v) is 7.14. The number of ether oxygens (including phenoxy) is 1. The van der Waals surface area contributed by atoms with Crippen molar-refractivity contribution in [2.24, 2.45) is 0 Å². The Bertz CT molecular complexity index is 645. The smallest absolute Gasteiger partial charge is 0.266 e. The molecule has 0 aliphatic heterocycles. The molecule has 0 saturated heterocycles. The monoisotopic (exact) mass is 356 g/mol. The molecular weight excluding hydrogens is 343 g/mol. The number of amides is 1. The molecule has 21 heavy (non-hydrogen) atoms. The van der Waals surface area contributed by atoms with Crippen molar-refractivity contribution >= 4 is 27.7 Å². The number of anilines is 1. The minimum Gasteiger partial charge on any atom is -0.478 e. The van der Waals surface area contributed by atoms with Crippen molar-refractivity contribution in [1.29, 1.82) is 0 Å². The zero-order chi connectivity index (χ0) is 15.4. The number of hydrogen-bond acceptors (Lipinski definition) is 4. The van der Waals surface area contributed by atoms with E-state index >= 15 is 0 Å². The maximum absolute atomic E-state index is 13.7. The summed E-state index contributed by atoms with van der Waals surface area (Å²) in [6.45, 7) is 3.49. The Balaban J connectivity index is 2.06. The summed E-state index contributed by atoms with van der Waals surface area (Å²) in [5, 5.41) is 6.23. The standard InChI is InChI=1S/C14H14BrFN2O3/c1-3-11(14(19)17-13-6-8(2)21-18-13)20-12-5-4-9(15)7-10(12)16/h4-7,11H,3H2,1-2H3,(H,17,18,19)/t11-/m1/s1. The molecule has 1 aromatic heterocycles. The van der Waals surface area contributed by atoms with Gasteiger partial charge in [0.05, 0.1) is 0 Å². The van der Waals surface area contributed by atoms with Crippen LogP contribution in [0, 0.1) is 12.7 Å². The predicted octanol–water partition coefficient (Wildman–Crippen LogP) is 3.68. The zero-order valence-corrected chi connectivity index (χ0v) is 13.1. The van der Waals surface area contributed by atoms with E-state index in [1.54, 1.807) is 26.0 Å².